The van der Waals surface area contributed by atoms with E-state index in [4.69, 9.17) is 10.00 Å². The maximum Gasteiger partial charge on any atom is 0.120 e. The predicted octanol–water partition coefficient (Wildman–Crippen LogP) is 4.42. The standard InChI is InChI=1S/C12H12N2O.2C2H6/c1-8-11(7-13)10-5-4-9(15-3)6-12(10)14(8)2;2*1-2/h4-6H,1-3H3;2*1-2H3. The van der Waals surface area contributed by atoms with Crippen molar-refractivity contribution in [3.05, 3.63) is 29.5 Å². The summed E-state index contributed by atoms with van der Waals surface area (Å²) in [6.07, 6.45) is 0. The molecule has 2 rings (SSSR count). The van der Waals surface area contributed by atoms with Gasteiger partial charge in [0, 0.05) is 24.2 Å². The summed E-state index contributed by atoms with van der Waals surface area (Å²) >= 11 is 0. The number of methoxy groups -OCH3 is 1. The van der Waals surface area contributed by atoms with Gasteiger partial charge in [0.25, 0.3) is 0 Å². The first-order valence-corrected chi connectivity index (χ1v) is 6.72. The SMILES string of the molecule is CC.CC.COc1ccc2c(C#N)c(C)n(C)c2c1. The van der Waals surface area contributed by atoms with Gasteiger partial charge in [-0.25, -0.2) is 0 Å². The third kappa shape index (κ3) is 3.29. The van der Waals surface area contributed by atoms with Crippen LogP contribution >= 0.6 is 0 Å². The zero-order valence-electron chi connectivity index (χ0n) is 13.0. The summed E-state index contributed by atoms with van der Waals surface area (Å²) in [6, 6.07) is 7.99. The Morgan fingerprint density at radius 1 is 1.16 bits per heavy atom. The summed E-state index contributed by atoms with van der Waals surface area (Å²) in [5.41, 5.74) is 2.76. The Bertz CT molecular complexity index is 562. The van der Waals surface area contributed by atoms with Crippen LogP contribution in [0.3, 0.4) is 0 Å². The van der Waals surface area contributed by atoms with Gasteiger partial charge in [0.1, 0.15) is 11.8 Å². The smallest absolute Gasteiger partial charge is 0.120 e. The molecule has 1 aromatic heterocycles. The third-order valence-electron chi connectivity index (χ3n) is 2.81. The second kappa shape index (κ2) is 8.20. The zero-order chi connectivity index (χ0) is 15.0. The highest BCUT2D eigenvalue weighted by Crippen LogP contribution is 2.27. The fourth-order valence-electron chi connectivity index (χ4n) is 1.81. The van der Waals surface area contributed by atoms with Crippen molar-refractivity contribution in [2.45, 2.75) is 34.6 Å². The van der Waals surface area contributed by atoms with Crippen LogP contribution in [0.25, 0.3) is 10.9 Å². The van der Waals surface area contributed by atoms with E-state index in [1.165, 1.54) is 0 Å². The number of hydrogen-bond acceptors (Lipinski definition) is 2. The Kier molecular flexibility index (Phi) is 7.36. The van der Waals surface area contributed by atoms with Gasteiger partial charge in [-0.2, -0.15) is 5.26 Å². The molecule has 3 heteroatoms. The molecule has 0 bridgehead atoms. The molecule has 19 heavy (non-hydrogen) atoms. The van der Waals surface area contributed by atoms with Crippen molar-refractivity contribution >= 4 is 10.9 Å². The van der Waals surface area contributed by atoms with Gasteiger partial charge in [-0.3, -0.25) is 0 Å². The number of benzene rings is 1. The van der Waals surface area contributed by atoms with Crippen molar-refractivity contribution < 1.29 is 4.74 Å². The second-order valence-electron chi connectivity index (χ2n) is 3.51. The Morgan fingerprint density at radius 2 is 1.74 bits per heavy atom. The van der Waals surface area contributed by atoms with Crippen LogP contribution in [0.2, 0.25) is 0 Å². The normalized spacial score (nSPS) is 8.74. The monoisotopic (exact) mass is 260 g/mol. The van der Waals surface area contributed by atoms with E-state index in [1.54, 1.807) is 7.11 Å². The number of aromatic nitrogens is 1. The summed E-state index contributed by atoms with van der Waals surface area (Å²) < 4.78 is 7.17. The van der Waals surface area contributed by atoms with Gasteiger partial charge in [-0.15, -0.1) is 0 Å². The predicted molar refractivity (Wildman–Crippen MR) is 81.6 cm³/mol. The molecule has 0 radical (unpaired) electrons. The lowest BCUT2D eigenvalue weighted by atomic mass is 10.1. The molecule has 1 aromatic carbocycles. The van der Waals surface area contributed by atoms with E-state index >= 15 is 0 Å². The molecule has 0 aliphatic heterocycles. The minimum absolute atomic E-state index is 0.746. The maximum atomic E-state index is 9.06. The number of nitrogens with zero attached hydrogens (tertiary/aromatic N) is 2. The molecule has 0 unspecified atom stereocenters. The molecule has 3 nitrogen and oxygen atoms in total. The molecule has 2 aromatic rings. The number of rotatable bonds is 1. The van der Waals surface area contributed by atoms with Crippen LogP contribution < -0.4 is 4.74 Å². The first-order chi connectivity index (χ1) is 9.19. The van der Waals surface area contributed by atoms with Crippen LogP contribution in [0.15, 0.2) is 18.2 Å². The molecular formula is C16H24N2O. The van der Waals surface area contributed by atoms with E-state index < -0.39 is 0 Å². The molecular weight excluding hydrogens is 236 g/mol. The number of fused-ring (bicyclic) bond motifs is 1. The minimum atomic E-state index is 0.746. The number of aryl methyl sites for hydroxylation is 1. The first kappa shape index (κ1) is 17.1. The highest BCUT2D eigenvalue weighted by atomic mass is 16.5. The van der Waals surface area contributed by atoms with Crippen molar-refractivity contribution in [2.24, 2.45) is 7.05 Å². The van der Waals surface area contributed by atoms with Crippen LogP contribution in [0.4, 0.5) is 0 Å². The Balaban J connectivity index is 0.000000741. The number of hydrogen-bond donors (Lipinski definition) is 0. The molecule has 0 atom stereocenters. The van der Waals surface area contributed by atoms with E-state index in [2.05, 4.69) is 6.07 Å². The van der Waals surface area contributed by atoms with Crippen LogP contribution in [-0.4, -0.2) is 11.7 Å². The van der Waals surface area contributed by atoms with E-state index in [0.717, 1.165) is 27.9 Å². The van der Waals surface area contributed by atoms with Gasteiger partial charge in [-0.1, -0.05) is 27.7 Å². The van der Waals surface area contributed by atoms with Crippen LogP contribution in [0, 0.1) is 18.3 Å². The van der Waals surface area contributed by atoms with Crippen molar-refractivity contribution in [1.29, 1.82) is 5.26 Å². The first-order valence-electron chi connectivity index (χ1n) is 6.72. The van der Waals surface area contributed by atoms with Crippen molar-refractivity contribution in [1.82, 2.24) is 4.57 Å². The summed E-state index contributed by atoms with van der Waals surface area (Å²) in [5.74, 6) is 0.813. The lowest BCUT2D eigenvalue weighted by molar-refractivity contribution is 0.415. The van der Waals surface area contributed by atoms with Crippen LogP contribution in [0.1, 0.15) is 39.0 Å². The lowest BCUT2D eigenvalue weighted by Crippen LogP contribution is -1.90. The molecule has 0 fully saturated rings. The van der Waals surface area contributed by atoms with Gasteiger partial charge in [0.05, 0.1) is 18.2 Å². The average molecular weight is 260 g/mol. The molecule has 0 amide bonds. The molecule has 0 spiro atoms. The second-order valence-corrected chi connectivity index (χ2v) is 3.51. The zero-order valence-corrected chi connectivity index (χ0v) is 13.0. The maximum absolute atomic E-state index is 9.06. The van der Waals surface area contributed by atoms with Gasteiger partial charge < -0.3 is 9.30 Å². The molecule has 0 aliphatic carbocycles. The molecule has 0 saturated carbocycles. The van der Waals surface area contributed by atoms with Crippen molar-refractivity contribution in [3.8, 4) is 11.8 Å². The summed E-state index contributed by atoms with van der Waals surface area (Å²) in [5, 5.41) is 10.0. The fourth-order valence-corrected chi connectivity index (χ4v) is 1.81. The summed E-state index contributed by atoms with van der Waals surface area (Å²) in [6.45, 7) is 9.95. The van der Waals surface area contributed by atoms with Gasteiger partial charge in [0.2, 0.25) is 0 Å². The third-order valence-corrected chi connectivity index (χ3v) is 2.81. The van der Waals surface area contributed by atoms with E-state index in [1.807, 2.05) is 64.4 Å². The fraction of sp³-hybridized carbons (Fsp3) is 0.438. The van der Waals surface area contributed by atoms with Crippen LogP contribution in [-0.2, 0) is 7.05 Å². The summed E-state index contributed by atoms with van der Waals surface area (Å²) in [7, 11) is 3.60. The largest absolute Gasteiger partial charge is 0.497 e. The highest BCUT2D eigenvalue weighted by molar-refractivity contribution is 5.89. The Labute approximate surface area is 116 Å². The Morgan fingerprint density at radius 3 is 2.21 bits per heavy atom. The summed E-state index contributed by atoms with van der Waals surface area (Å²) in [4.78, 5) is 0. The van der Waals surface area contributed by atoms with Gasteiger partial charge in [0.15, 0.2) is 0 Å². The van der Waals surface area contributed by atoms with E-state index in [-0.39, 0.29) is 0 Å². The average Bonchev–Trinajstić information content (AvgIpc) is 2.74. The molecule has 0 aliphatic rings. The quantitative estimate of drug-likeness (QED) is 0.761. The Hall–Kier alpha value is -1.95. The van der Waals surface area contributed by atoms with E-state index in [9.17, 15) is 0 Å². The topological polar surface area (TPSA) is 37.9 Å². The van der Waals surface area contributed by atoms with Gasteiger partial charge >= 0.3 is 0 Å². The molecule has 104 valence electrons. The van der Waals surface area contributed by atoms with Gasteiger partial charge in [-0.05, 0) is 19.1 Å². The minimum Gasteiger partial charge on any atom is -0.497 e. The molecule has 1 heterocycles. The number of ether oxygens (including phenoxy) is 1. The van der Waals surface area contributed by atoms with Crippen molar-refractivity contribution in [3.63, 3.8) is 0 Å². The number of nitriles is 1. The van der Waals surface area contributed by atoms with Crippen molar-refractivity contribution in [2.75, 3.05) is 7.11 Å². The van der Waals surface area contributed by atoms with E-state index in [0.29, 0.717) is 0 Å². The lowest BCUT2D eigenvalue weighted by Gasteiger charge is -2.01. The molecule has 0 N–H and O–H groups in total. The highest BCUT2D eigenvalue weighted by Gasteiger charge is 2.11. The molecule has 0 saturated heterocycles. The van der Waals surface area contributed by atoms with Crippen LogP contribution in [0.5, 0.6) is 5.75 Å².